The molecule has 1 aromatic heterocycles. The Labute approximate surface area is 92.1 Å². The predicted octanol–water partition coefficient (Wildman–Crippen LogP) is 2.43. The zero-order valence-electron chi connectivity index (χ0n) is 8.74. The van der Waals surface area contributed by atoms with Crippen LogP contribution >= 0.6 is 0 Å². The number of nitrogens with zero attached hydrogens (tertiary/aromatic N) is 1. The van der Waals surface area contributed by atoms with Crippen molar-refractivity contribution in [1.82, 2.24) is 10.2 Å². The number of anilines is 1. The molecule has 4 nitrogen and oxygen atoms in total. The van der Waals surface area contributed by atoms with Crippen LogP contribution in [0, 0.1) is 5.82 Å². The van der Waals surface area contributed by atoms with E-state index in [0.717, 1.165) is 5.69 Å². The lowest BCUT2D eigenvalue weighted by Crippen LogP contribution is -2.07. The normalized spacial score (nSPS) is 12.4. The Hall–Kier alpha value is -2.04. The van der Waals surface area contributed by atoms with E-state index in [1.165, 1.54) is 12.1 Å². The molecule has 84 valence electrons. The van der Waals surface area contributed by atoms with Gasteiger partial charge in [0.15, 0.2) is 11.6 Å². The second kappa shape index (κ2) is 4.22. The first-order chi connectivity index (χ1) is 7.66. The van der Waals surface area contributed by atoms with E-state index >= 15 is 0 Å². The number of hydrogen-bond acceptors (Lipinski definition) is 3. The molecule has 1 unspecified atom stereocenters. The molecule has 16 heavy (non-hydrogen) atoms. The van der Waals surface area contributed by atoms with Crippen molar-refractivity contribution in [3.05, 3.63) is 42.0 Å². The molecule has 0 radical (unpaired) electrons. The minimum absolute atomic E-state index is 0.00792. The maximum atomic E-state index is 13.1. The molecule has 0 aliphatic carbocycles. The number of aromatic hydroxyl groups is 1. The van der Waals surface area contributed by atoms with Crippen LogP contribution in [0.2, 0.25) is 0 Å². The molecular formula is C11H12FN3O. The summed E-state index contributed by atoms with van der Waals surface area (Å²) in [6.45, 7) is 1.93. The molecular weight excluding hydrogens is 209 g/mol. The van der Waals surface area contributed by atoms with Crippen molar-refractivity contribution in [3.63, 3.8) is 0 Å². The largest absolute Gasteiger partial charge is 0.505 e. The average molecular weight is 221 g/mol. The Morgan fingerprint density at radius 1 is 1.44 bits per heavy atom. The summed E-state index contributed by atoms with van der Waals surface area (Å²) in [6, 6.07) is 6.02. The molecule has 2 rings (SSSR count). The Morgan fingerprint density at radius 2 is 2.25 bits per heavy atom. The van der Waals surface area contributed by atoms with Crippen LogP contribution in [-0.4, -0.2) is 15.3 Å². The summed E-state index contributed by atoms with van der Waals surface area (Å²) in [5, 5.41) is 18.8. The van der Waals surface area contributed by atoms with Crippen LogP contribution < -0.4 is 5.32 Å². The molecule has 0 saturated heterocycles. The molecule has 1 aromatic carbocycles. The second-order valence-electron chi connectivity index (χ2n) is 3.54. The third-order valence-electron chi connectivity index (χ3n) is 2.32. The van der Waals surface area contributed by atoms with E-state index in [4.69, 9.17) is 5.11 Å². The van der Waals surface area contributed by atoms with Crippen LogP contribution in [0.3, 0.4) is 0 Å². The zero-order chi connectivity index (χ0) is 11.5. The number of halogens is 1. The highest BCUT2D eigenvalue weighted by Gasteiger charge is 2.07. The Bertz CT molecular complexity index is 470. The quantitative estimate of drug-likeness (QED) is 0.697. The van der Waals surface area contributed by atoms with Gasteiger partial charge in [-0.3, -0.25) is 5.10 Å². The van der Waals surface area contributed by atoms with E-state index in [-0.39, 0.29) is 11.8 Å². The smallest absolute Gasteiger partial charge is 0.166 e. The number of hydrogen-bond donors (Lipinski definition) is 3. The number of aromatic nitrogens is 2. The van der Waals surface area contributed by atoms with Crippen LogP contribution in [0.1, 0.15) is 18.7 Å². The van der Waals surface area contributed by atoms with E-state index in [0.29, 0.717) is 5.69 Å². The molecule has 5 heteroatoms. The summed E-state index contributed by atoms with van der Waals surface area (Å²) >= 11 is 0. The average Bonchev–Trinajstić information content (AvgIpc) is 2.77. The Balaban J connectivity index is 2.12. The van der Waals surface area contributed by atoms with E-state index in [1.807, 2.05) is 13.0 Å². The van der Waals surface area contributed by atoms with Gasteiger partial charge in [0.2, 0.25) is 0 Å². The first-order valence-corrected chi connectivity index (χ1v) is 4.91. The van der Waals surface area contributed by atoms with Crippen LogP contribution in [0.5, 0.6) is 5.75 Å². The molecule has 0 aliphatic rings. The molecule has 0 spiro atoms. The van der Waals surface area contributed by atoms with Gasteiger partial charge in [-0.15, -0.1) is 0 Å². The number of nitrogens with one attached hydrogen (secondary N) is 2. The van der Waals surface area contributed by atoms with Gasteiger partial charge in [0.1, 0.15) is 0 Å². The van der Waals surface area contributed by atoms with Gasteiger partial charge >= 0.3 is 0 Å². The summed E-state index contributed by atoms with van der Waals surface area (Å²) in [4.78, 5) is 0. The van der Waals surface area contributed by atoms with Gasteiger partial charge in [-0.25, -0.2) is 4.39 Å². The van der Waals surface area contributed by atoms with Gasteiger partial charge in [-0.1, -0.05) is 0 Å². The van der Waals surface area contributed by atoms with Gasteiger partial charge in [-0.05, 0) is 25.1 Å². The highest BCUT2D eigenvalue weighted by atomic mass is 19.1. The van der Waals surface area contributed by atoms with Gasteiger partial charge < -0.3 is 10.4 Å². The standard InChI is InChI=1S/C11H12FN3O/c1-7(10-4-5-13-15-10)14-8-2-3-11(16)9(12)6-8/h2-7,14,16H,1H3,(H,13,15). The molecule has 0 fully saturated rings. The zero-order valence-corrected chi connectivity index (χ0v) is 8.74. The first-order valence-electron chi connectivity index (χ1n) is 4.91. The number of benzene rings is 1. The molecule has 0 amide bonds. The molecule has 3 N–H and O–H groups in total. The topological polar surface area (TPSA) is 60.9 Å². The van der Waals surface area contributed by atoms with Gasteiger partial charge in [0.05, 0.1) is 11.7 Å². The summed E-state index contributed by atoms with van der Waals surface area (Å²) in [5.41, 5.74) is 1.52. The maximum absolute atomic E-state index is 13.1. The number of phenolic OH excluding ortho intramolecular Hbond substituents is 1. The van der Waals surface area contributed by atoms with Crippen molar-refractivity contribution in [2.24, 2.45) is 0 Å². The van der Waals surface area contributed by atoms with Crippen LogP contribution in [0.15, 0.2) is 30.5 Å². The van der Waals surface area contributed by atoms with Crippen molar-refractivity contribution < 1.29 is 9.50 Å². The molecule has 2 aromatic rings. The minimum Gasteiger partial charge on any atom is -0.505 e. The fraction of sp³-hybridized carbons (Fsp3) is 0.182. The third kappa shape index (κ3) is 2.13. The summed E-state index contributed by atoms with van der Waals surface area (Å²) in [5.74, 6) is -0.985. The molecule has 0 saturated carbocycles. The minimum atomic E-state index is -0.637. The number of aromatic amines is 1. The van der Waals surface area contributed by atoms with Crippen molar-refractivity contribution in [1.29, 1.82) is 0 Å². The molecule has 1 heterocycles. The van der Waals surface area contributed by atoms with E-state index in [2.05, 4.69) is 15.5 Å². The molecule has 1 atom stereocenters. The highest BCUT2D eigenvalue weighted by molar-refractivity contribution is 5.48. The fourth-order valence-electron chi connectivity index (χ4n) is 1.43. The maximum Gasteiger partial charge on any atom is 0.166 e. The fourth-order valence-corrected chi connectivity index (χ4v) is 1.43. The molecule has 0 bridgehead atoms. The Kier molecular flexibility index (Phi) is 2.76. The number of H-pyrrole nitrogens is 1. The third-order valence-corrected chi connectivity index (χ3v) is 2.32. The highest BCUT2D eigenvalue weighted by Crippen LogP contribution is 2.22. The lowest BCUT2D eigenvalue weighted by Gasteiger charge is -2.13. The van der Waals surface area contributed by atoms with Crippen molar-refractivity contribution in [2.45, 2.75) is 13.0 Å². The van der Waals surface area contributed by atoms with E-state index in [9.17, 15) is 4.39 Å². The van der Waals surface area contributed by atoms with Gasteiger partial charge in [0.25, 0.3) is 0 Å². The number of rotatable bonds is 3. The molecule has 0 aliphatic heterocycles. The lowest BCUT2D eigenvalue weighted by atomic mass is 10.2. The lowest BCUT2D eigenvalue weighted by molar-refractivity contribution is 0.432. The van der Waals surface area contributed by atoms with Crippen LogP contribution in [0.4, 0.5) is 10.1 Å². The first kappa shape index (κ1) is 10.5. The van der Waals surface area contributed by atoms with Crippen LogP contribution in [0.25, 0.3) is 0 Å². The van der Waals surface area contributed by atoms with E-state index in [1.54, 1.807) is 12.3 Å². The monoisotopic (exact) mass is 221 g/mol. The predicted molar refractivity (Wildman–Crippen MR) is 58.7 cm³/mol. The van der Waals surface area contributed by atoms with Crippen LogP contribution in [-0.2, 0) is 0 Å². The van der Waals surface area contributed by atoms with Gasteiger partial charge in [-0.2, -0.15) is 5.10 Å². The number of phenols is 1. The summed E-state index contributed by atoms with van der Waals surface area (Å²) in [6.07, 6.45) is 1.66. The van der Waals surface area contributed by atoms with Crippen molar-refractivity contribution in [2.75, 3.05) is 5.32 Å². The summed E-state index contributed by atoms with van der Waals surface area (Å²) in [7, 11) is 0. The van der Waals surface area contributed by atoms with E-state index < -0.39 is 5.82 Å². The second-order valence-corrected chi connectivity index (χ2v) is 3.54. The Morgan fingerprint density at radius 3 is 2.88 bits per heavy atom. The SMILES string of the molecule is CC(Nc1ccc(O)c(F)c1)c1ccn[nH]1. The van der Waals surface area contributed by atoms with Crippen molar-refractivity contribution >= 4 is 5.69 Å². The summed E-state index contributed by atoms with van der Waals surface area (Å²) < 4.78 is 13.1. The van der Waals surface area contributed by atoms with Gasteiger partial charge in [0, 0.05) is 18.0 Å². The van der Waals surface area contributed by atoms with Crippen molar-refractivity contribution in [3.8, 4) is 5.75 Å².